The minimum atomic E-state index is -0.512. The topological polar surface area (TPSA) is 58.6 Å². The molecule has 1 aliphatic rings. The summed E-state index contributed by atoms with van der Waals surface area (Å²) in [6.07, 6.45) is 1.89. The Kier molecular flexibility index (Phi) is 3.87. The average molecular weight is 249 g/mol. The van der Waals surface area contributed by atoms with Gasteiger partial charge in [0.1, 0.15) is 5.75 Å². The number of aliphatic hydroxyl groups is 1. The lowest BCUT2D eigenvalue weighted by Crippen LogP contribution is -2.33. The molecule has 4 heteroatoms. The molecule has 1 aromatic rings. The van der Waals surface area contributed by atoms with Crippen LogP contribution in [0.1, 0.15) is 37.0 Å². The molecule has 98 valence electrons. The molecule has 2 rings (SSSR count). The number of fused-ring (bicyclic) bond motifs is 1. The minimum Gasteiger partial charge on any atom is -0.481 e. The lowest BCUT2D eigenvalue weighted by molar-refractivity contribution is -0.126. The van der Waals surface area contributed by atoms with Crippen molar-refractivity contribution in [3.8, 4) is 5.75 Å². The van der Waals surface area contributed by atoms with E-state index in [2.05, 4.69) is 5.32 Å². The zero-order valence-corrected chi connectivity index (χ0v) is 10.8. The highest BCUT2D eigenvalue weighted by Gasteiger charge is 2.19. The van der Waals surface area contributed by atoms with Crippen molar-refractivity contribution in [3.05, 3.63) is 29.3 Å². The number of carbonyl (C=O) groups is 1. The van der Waals surface area contributed by atoms with Crippen LogP contribution >= 0.6 is 0 Å². The lowest BCUT2D eigenvalue weighted by atomic mass is 9.89. The van der Waals surface area contributed by atoms with Crippen molar-refractivity contribution < 1.29 is 14.6 Å². The second kappa shape index (κ2) is 5.40. The molecular weight excluding hydrogens is 230 g/mol. The van der Waals surface area contributed by atoms with Crippen LogP contribution in [0.25, 0.3) is 0 Å². The summed E-state index contributed by atoms with van der Waals surface area (Å²) < 4.78 is 5.57. The highest BCUT2D eigenvalue weighted by atomic mass is 16.5. The Morgan fingerprint density at radius 1 is 1.56 bits per heavy atom. The first-order valence-corrected chi connectivity index (χ1v) is 6.31. The van der Waals surface area contributed by atoms with E-state index in [4.69, 9.17) is 4.74 Å². The van der Waals surface area contributed by atoms with Crippen molar-refractivity contribution in [2.75, 3.05) is 7.05 Å². The first-order chi connectivity index (χ1) is 8.61. The van der Waals surface area contributed by atoms with Gasteiger partial charge in [-0.05, 0) is 49.4 Å². The first-order valence-electron chi connectivity index (χ1n) is 6.31. The third-order valence-corrected chi connectivity index (χ3v) is 3.33. The fourth-order valence-electron chi connectivity index (χ4n) is 2.30. The summed E-state index contributed by atoms with van der Waals surface area (Å²) in [5.41, 5.74) is 2.11. The molecule has 0 saturated heterocycles. The molecule has 2 N–H and O–H groups in total. The Bertz CT molecular complexity index is 445. The normalized spacial score (nSPS) is 19.8. The summed E-state index contributed by atoms with van der Waals surface area (Å²) >= 11 is 0. The largest absolute Gasteiger partial charge is 0.481 e. The zero-order valence-electron chi connectivity index (χ0n) is 10.8. The van der Waals surface area contributed by atoms with E-state index in [1.54, 1.807) is 14.0 Å². The quantitative estimate of drug-likeness (QED) is 0.855. The molecule has 2 atom stereocenters. The molecule has 0 bridgehead atoms. The number of amides is 1. The van der Waals surface area contributed by atoms with Crippen LogP contribution in [0.4, 0.5) is 0 Å². The number of aryl methyl sites for hydroxylation is 1. The van der Waals surface area contributed by atoms with Crippen LogP contribution in [-0.2, 0) is 11.2 Å². The average Bonchev–Trinajstić information content (AvgIpc) is 2.38. The van der Waals surface area contributed by atoms with Crippen LogP contribution in [-0.4, -0.2) is 24.2 Å². The van der Waals surface area contributed by atoms with Crippen molar-refractivity contribution in [2.45, 2.75) is 38.4 Å². The van der Waals surface area contributed by atoms with Gasteiger partial charge in [0.2, 0.25) is 0 Å². The molecule has 0 aromatic heterocycles. The molecule has 1 aliphatic carbocycles. The number of benzene rings is 1. The molecule has 0 saturated carbocycles. The molecule has 2 unspecified atom stereocenters. The molecule has 4 nitrogen and oxygen atoms in total. The molecule has 1 amide bonds. The third kappa shape index (κ3) is 2.64. The Morgan fingerprint density at radius 2 is 2.33 bits per heavy atom. The Hall–Kier alpha value is -1.55. The van der Waals surface area contributed by atoms with E-state index in [1.165, 1.54) is 0 Å². The standard InChI is InChI=1S/C14H19NO3/c1-9(14(17)15-2)18-11-6-7-12-10(8-11)4-3-5-13(12)16/h6-9,13,16H,3-5H2,1-2H3,(H,15,17). The van der Waals surface area contributed by atoms with Crippen LogP contribution in [0.3, 0.4) is 0 Å². The van der Waals surface area contributed by atoms with Gasteiger partial charge in [-0.3, -0.25) is 4.79 Å². The Balaban J connectivity index is 2.14. The van der Waals surface area contributed by atoms with Crippen LogP contribution in [0.5, 0.6) is 5.75 Å². The van der Waals surface area contributed by atoms with Gasteiger partial charge in [0.15, 0.2) is 6.10 Å². The number of nitrogens with one attached hydrogen (secondary N) is 1. The van der Waals surface area contributed by atoms with Gasteiger partial charge in [-0.15, -0.1) is 0 Å². The number of rotatable bonds is 3. The van der Waals surface area contributed by atoms with E-state index < -0.39 is 6.10 Å². The maximum Gasteiger partial charge on any atom is 0.260 e. The van der Waals surface area contributed by atoms with Gasteiger partial charge in [0, 0.05) is 7.05 Å². The molecule has 1 aromatic carbocycles. The van der Waals surface area contributed by atoms with Crippen molar-refractivity contribution in [2.24, 2.45) is 0 Å². The number of aliphatic hydroxyl groups excluding tert-OH is 1. The van der Waals surface area contributed by atoms with Gasteiger partial charge in [0.05, 0.1) is 6.10 Å². The van der Waals surface area contributed by atoms with E-state index in [9.17, 15) is 9.90 Å². The summed E-state index contributed by atoms with van der Waals surface area (Å²) in [4.78, 5) is 11.4. The highest BCUT2D eigenvalue weighted by Crippen LogP contribution is 2.32. The van der Waals surface area contributed by atoms with Crippen LogP contribution < -0.4 is 10.1 Å². The molecule has 0 aliphatic heterocycles. The van der Waals surface area contributed by atoms with Gasteiger partial charge in [-0.2, -0.15) is 0 Å². The van der Waals surface area contributed by atoms with Crippen LogP contribution in [0.15, 0.2) is 18.2 Å². The van der Waals surface area contributed by atoms with Gasteiger partial charge < -0.3 is 15.2 Å². The number of hydrogen-bond donors (Lipinski definition) is 2. The molecular formula is C14H19NO3. The number of likely N-dealkylation sites (N-methyl/N-ethyl adjacent to an activating group) is 1. The van der Waals surface area contributed by atoms with E-state index >= 15 is 0 Å². The molecule has 0 heterocycles. The highest BCUT2D eigenvalue weighted by molar-refractivity contribution is 5.80. The smallest absolute Gasteiger partial charge is 0.260 e. The van der Waals surface area contributed by atoms with E-state index in [-0.39, 0.29) is 12.0 Å². The van der Waals surface area contributed by atoms with E-state index in [0.29, 0.717) is 5.75 Å². The van der Waals surface area contributed by atoms with Gasteiger partial charge >= 0.3 is 0 Å². The number of hydrogen-bond acceptors (Lipinski definition) is 3. The van der Waals surface area contributed by atoms with Gasteiger partial charge in [0.25, 0.3) is 5.91 Å². The van der Waals surface area contributed by atoms with Crippen LogP contribution in [0, 0.1) is 0 Å². The summed E-state index contributed by atoms with van der Waals surface area (Å²) in [7, 11) is 1.59. The molecule has 0 spiro atoms. The minimum absolute atomic E-state index is 0.146. The predicted molar refractivity (Wildman–Crippen MR) is 68.5 cm³/mol. The molecule has 18 heavy (non-hydrogen) atoms. The zero-order chi connectivity index (χ0) is 13.1. The number of ether oxygens (including phenoxy) is 1. The van der Waals surface area contributed by atoms with Crippen molar-refractivity contribution in [3.63, 3.8) is 0 Å². The second-order valence-corrected chi connectivity index (χ2v) is 4.64. The summed E-state index contributed by atoms with van der Waals surface area (Å²) in [5.74, 6) is 0.534. The van der Waals surface area contributed by atoms with Crippen molar-refractivity contribution >= 4 is 5.91 Å². The molecule has 0 radical (unpaired) electrons. The van der Waals surface area contributed by atoms with Crippen molar-refractivity contribution in [1.82, 2.24) is 5.32 Å². The summed E-state index contributed by atoms with van der Waals surface area (Å²) in [6, 6.07) is 5.63. The van der Waals surface area contributed by atoms with E-state index in [1.807, 2.05) is 18.2 Å². The lowest BCUT2D eigenvalue weighted by Gasteiger charge is -2.22. The van der Waals surface area contributed by atoms with Crippen LogP contribution in [0.2, 0.25) is 0 Å². The Labute approximate surface area is 107 Å². The maximum atomic E-state index is 11.4. The first kappa shape index (κ1) is 12.9. The van der Waals surface area contributed by atoms with E-state index in [0.717, 1.165) is 30.4 Å². The third-order valence-electron chi connectivity index (χ3n) is 3.33. The summed E-state index contributed by atoms with van der Waals surface area (Å²) in [6.45, 7) is 1.72. The second-order valence-electron chi connectivity index (χ2n) is 4.64. The fraction of sp³-hybridized carbons (Fsp3) is 0.500. The monoisotopic (exact) mass is 249 g/mol. The van der Waals surface area contributed by atoms with Gasteiger partial charge in [-0.25, -0.2) is 0 Å². The maximum absolute atomic E-state index is 11.4. The summed E-state index contributed by atoms with van der Waals surface area (Å²) in [5, 5.41) is 12.4. The predicted octanol–water partition coefficient (Wildman–Crippen LogP) is 1.57. The SMILES string of the molecule is CNC(=O)C(C)Oc1ccc2c(c1)CCCC2O. The number of carbonyl (C=O) groups excluding carboxylic acids is 1. The van der Waals surface area contributed by atoms with Crippen molar-refractivity contribution in [1.29, 1.82) is 0 Å². The fourth-order valence-corrected chi connectivity index (χ4v) is 2.30. The Morgan fingerprint density at radius 3 is 3.06 bits per heavy atom. The van der Waals surface area contributed by atoms with Gasteiger partial charge in [-0.1, -0.05) is 6.07 Å². The molecule has 0 fully saturated rings.